The van der Waals surface area contributed by atoms with Crippen molar-refractivity contribution in [2.75, 3.05) is 0 Å². The molecule has 0 amide bonds. The van der Waals surface area contributed by atoms with Crippen LogP contribution in [-0.2, 0) is 0 Å². The van der Waals surface area contributed by atoms with E-state index in [-0.39, 0.29) is 0 Å². The molecule has 0 atom stereocenters. The highest BCUT2D eigenvalue weighted by Crippen LogP contribution is 2.80. The lowest BCUT2D eigenvalue weighted by Crippen LogP contribution is -2.01. The maximum atomic E-state index is 3.69. The van der Waals surface area contributed by atoms with E-state index in [1.54, 1.807) is 0 Å². The van der Waals surface area contributed by atoms with Crippen molar-refractivity contribution in [3.63, 3.8) is 0 Å². The number of aromatic nitrogens is 1. The molecule has 1 N–H and O–H groups in total. The van der Waals surface area contributed by atoms with Crippen molar-refractivity contribution in [2.24, 2.45) is 0 Å². The molecule has 1 aliphatic heterocycles. The Morgan fingerprint density at radius 2 is 1.06 bits per heavy atom. The maximum absolute atomic E-state index is 3.69. The smallest absolute Gasteiger partial charge is 0.0476 e. The first kappa shape index (κ1) is 17.9. The number of nitrogens with one attached hydrogen (secondary N) is 1. The van der Waals surface area contributed by atoms with E-state index in [4.69, 9.17) is 0 Å². The molecule has 0 spiro atoms. The average molecular weight is 428 g/mol. The largest absolute Gasteiger partial charge is 0.354 e. The van der Waals surface area contributed by atoms with Crippen molar-refractivity contribution in [2.45, 2.75) is 19.6 Å². The first-order valence-corrected chi connectivity index (χ1v) is 12.6. The molecule has 0 saturated heterocycles. The van der Waals surface area contributed by atoms with Gasteiger partial charge >= 0.3 is 0 Å². The number of para-hydroxylation sites is 1. The molecule has 0 fully saturated rings. The van der Waals surface area contributed by atoms with Crippen molar-refractivity contribution in [3.05, 3.63) is 121 Å². The molecule has 5 aromatic carbocycles. The van der Waals surface area contributed by atoms with E-state index in [1.807, 2.05) is 0 Å². The Morgan fingerprint density at radius 1 is 0.438 bits per heavy atom. The third-order valence-corrected chi connectivity index (χ3v) is 10.6. The number of rotatable bonds is 2. The van der Waals surface area contributed by atoms with E-state index in [1.165, 1.54) is 52.5 Å². The zero-order valence-corrected chi connectivity index (χ0v) is 18.3. The number of hydrogen-bond acceptors (Lipinski definition) is 0. The topological polar surface area (TPSA) is 15.8 Å². The Kier molecular flexibility index (Phi) is 3.70. The summed E-state index contributed by atoms with van der Waals surface area (Å²) < 4.78 is 0. The normalized spacial score (nSPS) is 14.9. The van der Waals surface area contributed by atoms with Gasteiger partial charge in [-0.3, -0.25) is 0 Å². The summed E-state index contributed by atoms with van der Waals surface area (Å²) in [7, 11) is -1.59. The molecule has 0 radical (unpaired) electrons. The van der Waals surface area contributed by atoms with Crippen molar-refractivity contribution >= 4 is 31.8 Å². The Bertz CT molecular complexity index is 1570. The molecule has 0 bridgehead atoms. The van der Waals surface area contributed by atoms with Gasteiger partial charge in [0.2, 0.25) is 0 Å². The van der Waals surface area contributed by atoms with Crippen molar-refractivity contribution in [1.29, 1.82) is 0 Å². The summed E-state index contributed by atoms with van der Waals surface area (Å²) in [5.74, 6) is 0. The Morgan fingerprint density at radius 3 is 1.81 bits per heavy atom. The fourth-order valence-corrected chi connectivity index (χ4v) is 9.55. The van der Waals surface area contributed by atoms with Crippen molar-refractivity contribution in [3.8, 4) is 11.1 Å². The van der Waals surface area contributed by atoms with Gasteiger partial charge in [0.1, 0.15) is 0 Å². The predicted octanol–water partition coefficient (Wildman–Crippen LogP) is 8.64. The molecular weight excluding hydrogens is 406 g/mol. The molecule has 7 rings (SSSR count). The minimum atomic E-state index is -1.59. The molecule has 0 unspecified atom stereocenters. The Hall–Kier alpha value is -3.75. The Labute approximate surface area is 188 Å². The van der Waals surface area contributed by atoms with Gasteiger partial charge in [-0.25, -0.2) is 0 Å². The van der Waals surface area contributed by atoms with E-state index >= 15 is 0 Å². The standard InChI is InChI=1S/C30H21NS/c1-3-11-21(12-4-1)32(22-13-5-2-6-14-22)29-18-10-8-16-24(29)26-19-25-23-15-7-9-17-27(23)31-28(25)20-30(26)32/h1-20,31H. The quantitative estimate of drug-likeness (QED) is 0.284. The molecule has 152 valence electrons. The van der Waals surface area contributed by atoms with E-state index in [0.717, 1.165) is 0 Å². The molecule has 2 heterocycles. The molecular formula is C30H21NS. The summed E-state index contributed by atoms with van der Waals surface area (Å²) in [5, 5.41) is 2.58. The fourth-order valence-electron chi connectivity index (χ4n) is 5.31. The van der Waals surface area contributed by atoms with Crippen LogP contribution in [0.15, 0.2) is 141 Å². The predicted molar refractivity (Wildman–Crippen MR) is 135 cm³/mol. The van der Waals surface area contributed by atoms with Gasteiger partial charge in [-0.15, -0.1) is 10.0 Å². The minimum absolute atomic E-state index is 1.19. The number of fused-ring (bicyclic) bond motifs is 6. The fraction of sp³-hybridized carbons (Fsp3) is 0. The van der Waals surface area contributed by atoms with Crippen LogP contribution in [0.25, 0.3) is 32.9 Å². The minimum Gasteiger partial charge on any atom is -0.354 e. The summed E-state index contributed by atoms with van der Waals surface area (Å²) in [6, 6.07) is 44.6. The third kappa shape index (κ3) is 2.25. The molecule has 6 aromatic rings. The van der Waals surface area contributed by atoms with Crippen LogP contribution in [0.4, 0.5) is 0 Å². The third-order valence-electron chi connectivity index (χ3n) is 6.64. The summed E-state index contributed by atoms with van der Waals surface area (Å²) in [4.78, 5) is 9.31. The average Bonchev–Trinajstić information content (AvgIpc) is 3.37. The number of hydrogen-bond donors (Lipinski definition) is 1. The second-order valence-corrected chi connectivity index (χ2v) is 11.3. The lowest BCUT2D eigenvalue weighted by Gasteiger charge is -2.39. The van der Waals surface area contributed by atoms with E-state index in [0.29, 0.717) is 0 Å². The van der Waals surface area contributed by atoms with Crippen LogP contribution in [0, 0.1) is 0 Å². The van der Waals surface area contributed by atoms with Crippen LogP contribution >= 0.6 is 10.0 Å². The van der Waals surface area contributed by atoms with Crippen LogP contribution in [0.1, 0.15) is 0 Å². The molecule has 0 saturated carbocycles. The first-order chi connectivity index (χ1) is 15.9. The van der Waals surface area contributed by atoms with Crippen LogP contribution in [0.2, 0.25) is 0 Å². The highest BCUT2D eigenvalue weighted by atomic mass is 32.3. The van der Waals surface area contributed by atoms with Crippen molar-refractivity contribution < 1.29 is 0 Å². The van der Waals surface area contributed by atoms with Gasteiger partial charge in [-0.05, 0) is 59.7 Å². The van der Waals surface area contributed by atoms with Gasteiger partial charge in [0, 0.05) is 41.4 Å². The summed E-state index contributed by atoms with van der Waals surface area (Å²) in [6.07, 6.45) is 0. The second kappa shape index (κ2) is 6.62. The van der Waals surface area contributed by atoms with E-state index < -0.39 is 10.0 Å². The van der Waals surface area contributed by atoms with Gasteiger partial charge in [0.25, 0.3) is 0 Å². The highest BCUT2D eigenvalue weighted by molar-refractivity contribution is 8.34. The first-order valence-electron chi connectivity index (χ1n) is 10.9. The lowest BCUT2D eigenvalue weighted by atomic mass is 10.0. The monoisotopic (exact) mass is 427 g/mol. The van der Waals surface area contributed by atoms with Crippen LogP contribution in [0.3, 0.4) is 0 Å². The zero-order chi connectivity index (χ0) is 21.1. The van der Waals surface area contributed by atoms with E-state index in [9.17, 15) is 0 Å². The second-order valence-electron chi connectivity index (χ2n) is 8.30. The molecule has 2 heteroatoms. The summed E-state index contributed by atoms with van der Waals surface area (Å²) in [5.41, 5.74) is 5.12. The van der Waals surface area contributed by atoms with Gasteiger partial charge in [-0.1, -0.05) is 72.8 Å². The number of aromatic amines is 1. The van der Waals surface area contributed by atoms with Crippen LogP contribution in [0.5, 0.6) is 0 Å². The van der Waals surface area contributed by atoms with Crippen LogP contribution in [-0.4, -0.2) is 4.98 Å². The Balaban J connectivity index is 1.69. The highest BCUT2D eigenvalue weighted by Gasteiger charge is 2.42. The number of benzene rings is 5. The molecule has 32 heavy (non-hydrogen) atoms. The SMILES string of the molecule is c1ccc(S2(c3ccccc3)c3ccccc3-c3cc4c(cc32)[nH]c2ccccc24)cc1. The summed E-state index contributed by atoms with van der Waals surface area (Å²) >= 11 is 0. The van der Waals surface area contributed by atoms with Gasteiger partial charge in [0.15, 0.2) is 0 Å². The van der Waals surface area contributed by atoms with Gasteiger partial charge in [0.05, 0.1) is 0 Å². The zero-order valence-electron chi connectivity index (χ0n) is 17.5. The lowest BCUT2D eigenvalue weighted by molar-refractivity contribution is 1.29. The van der Waals surface area contributed by atoms with Crippen molar-refractivity contribution in [1.82, 2.24) is 4.98 Å². The molecule has 0 aliphatic carbocycles. The summed E-state index contributed by atoms with van der Waals surface area (Å²) in [6.45, 7) is 0. The van der Waals surface area contributed by atoms with Crippen LogP contribution < -0.4 is 0 Å². The van der Waals surface area contributed by atoms with E-state index in [2.05, 4.69) is 126 Å². The van der Waals surface area contributed by atoms with Gasteiger partial charge in [-0.2, -0.15) is 0 Å². The molecule has 1 aliphatic rings. The maximum Gasteiger partial charge on any atom is 0.0476 e. The number of H-pyrrole nitrogens is 1. The molecule has 1 nitrogen and oxygen atoms in total. The van der Waals surface area contributed by atoms with Gasteiger partial charge < -0.3 is 4.98 Å². The molecule has 1 aromatic heterocycles.